The van der Waals surface area contributed by atoms with E-state index in [1.54, 1.807) is 11.3 Å². The minimum absolute atomic E-state index is 0.340. The highest BCUT2D eigenvalue weighted by atomic mass is 32.1. The molecular formula is C22H28F3NOS. The minimum Gasteiger partial charge on any atom is -0.493 e. The molecule has 0 unspecified atom stereocenters. The van der Waals surface area contributed by atoms with Gasteiger partial charge in [-0.15, -0.1) is 0 Å². The van der Waals surface area contributed by atoms with Crippen molar-refractivity contribution in [2.75, 3.05) is 26.2 Å². The van der Waals surface area contributed by atoms with Gasteiger partial charge >= 0.3 is 6.18 Å². The predicted octanol–water partition coefficient (Wildman–Crippen LogP) is 6.44. The first-order valence-electron chi connectivity index (χ1n) is 10.0. The largest absolute Gasteiger partial charge is 0.493 e. The Morgan fingerprint density at radius 2 is 1.93 bits per heavy atom. The molecule has 0 amide bonds. The molecule has 2 atom stereocenters. The van der Waals surface area contributed by atoms with Crippen LogP contribution in [0, 0.1) is 5.92 Å². The second kappa shape index (κ2) is 9.79. The van der Waals surface area contributed by atoms with Gasteiger partial charge in [-0.25, -0.2) is 0 Å². The number of ether oxygens (including phenoxy) is 1. The van der Waals surface area contributed by atoms with Crippen molar-refractivity contribution < 1.29 is 17.9 Å². The summed E-state index contributed by atoms with van der Waals surface area (Å²) >= 11 is 1.71. The molecule has 0 aliphatic carbocycles. The maximum absolute atomic E-state index is 12.7. The van der Waals surface area contributed by atoms with E-state index in [-0.39, 0.29) is 0 Å². The number of hydrogen-bond donors (Lipinski definition) is 0. The number of hydrogen-bond acceptors (Lipinski definition) is 3. The van der Waals surface area contributed by atoms with Crippen molar-refractivity contribution in [1.29, 1.82) is 0 Å². The Morgan fingerprint density at radius 1 is 1.14 bits per heavy atom. The molecule has 28 heavy (non-hydrogen) atoms. The summed E-state index contributed by atoms with van der Waals surface area (Å²) in [6.07, 6.45) is 0.462. The Kier molecular flexibility index (Phi) is 7.41. The number of alkyl halides is 3. The van der Waals surface area contributed by atoms with E-state index >= 15 is 0 Å². The monoisotopic (exact) mass is 411 g/mol. The van der Waals surface area contributed by atoms with E-state index in [1.807, 2.05) is 0 Å². The van der Waals surface area contributed by atoms with Gasteiger partial charge in [0.15, 0.2) is 0 Å². The summed E-state index contributed by atoms with van der Waals surface area (Å²) in [5.41, 5.74) is 0.718. The number of benzene rings is 1. The van der Waals surface area contributed by atoms with E-state index in [9.17, 15) is 13.2 Å². The number of unbranched alkanes of at least 4 members (excludes halogenated alkanes) is 2. The number of nitrogens with zero attached hydrogens (tertiary/aromatic N) is 1. The Hall–Kier alpha value is -1.53. The number of piperidine rings is 1. The van der Waals surface area contributed by atoms with Crippen molar-refractivity contribution in [3.63, 3.8) is 0 Å². The second-order valence-electron chi connectivity index (χ2n) is 7.55. The fourth-order valence-corrected chi connectivity index (χ4v) is 4.66. The van der Waals surface area contributed by atoms with Crippen LogP contribution in [0.5, 0.6) is 5.75 Å². The van der Waals surface area contributed by atoms with E-state index in [0.29, 0.717) is 24.2 Å². The molecule has 154 valence electrons. The quantitative estimate of drug-likeness (QED) is 0.463. The summed E-state index contributed by atoms with van der Waals surface area (Å²) in [5, 5.41) is 4.32. The standard InChI is InChI=1S/C22H28F3NOS/c1-2-3-4-11-26-12-9-21(17-10-13-28-16-17)18(14-26)15-27-20-7-5-19(6-8-20)22(23,24)25/h5-8,10,13,16,18,21H,2-4,9,11-12,14-15H2,1H3/t18-,21-/m0/s1. The Bertz CT molecular complexity index is 700. The van der Waals surface area contributed by atoms with Crippen molar-refractivity contribution in [2.24, 2.45) is 5.92 Å². The topological polar surface area (TPSA) is 12.5 Å². The van der Waals surface area contributed by atoms with Crippen LogP contribution in [0.4, 0.5) is 13.2 Å². The van der Waals surface area contributed by atoms with Crippen LogP contribution in [0.2, 0.25) is 0 Å². The van der Waals surface area contributed by atoms with Crippen LogP contribution < -0.4 is 4.74 Å². The highest BCUT2D eigenvalue weighted by Gasteiger charge is 2.32. The molecule has 1 aliphatic rings. The molecular weight excluding hydrogens is 383 g/mol. The fraction of sp³-hybridized carbons (Fsp3) is 0.545. The van der Waals surface area contributed by atoms with Crippen LogP contribution >= 0.6 is 11.3 Å². The average molecular weight is 412 g/mol. The maximum Gasteiger partial charge on any atom is 0.416 e. The average Bonchev–Trinajstić information content (AvgIpc) is 3.21. The van der Waals surface area contributed by atoms with E-state index in [2.05, 4.69) is 28.7 Å². The number of thiophene rings is 1. The van der Waals surface area contributed by atoms with E-state index in [0.717, 1.165) is 38.2 Å². The van der Waals surface area contributed by atoms with Gasteiger partial charge < -0.3 is 9.64 Å². The second-order valence-corrected chi connectivity index (χ2v) is 8.33. The van der Waals surface area contributed by atoms with Crippen LogP contribution in [0.1, 0.15) is 49.7 Å². The lowest BCUT2D eigenvalue weighted by atomic mass is 9.82. The molecule has 0 radical (unpaired) electrons. The third-order valence-electron chi connectivity index (χ3n) is 5.51. The maximum atomic E-state index is 12.7. The highest BCUT2D eigenvalue weighted by Crippen LogP contribution is 2.35. The van der Waals surface area contributed by atoms with Crippen LogP contribution in [-0.2, 0) is 6.18 Å². The van der Waals surface area contributed by atoms with Crippen molar-refractivity contribution in [3.05, 3.63) is 52.2 Å². The SMILES string of the molecule is CCCCCN1CC[C@@H](c2ccsc2)[C@H](COc2ccc(C(F)(F)F)cc2)C1. The van der Waals surface area contributed by atoms with Gasteiger partial charge in [0.1, 0.15) is 5.75 Å². The van der Waals surface area contributed by atoms with Gasteiger partial charge in [0, 0.05) is 12.5 Å². The summed E-state index contributed by atoms with van der Waals surface area (Å²) in [6.45, 7) is 5.92. The smallest absolute Gasteiger partial charge is 0.416 e. The van der Waals surface area contributed by atoms with Gasteiger partial charge in [-0.2, -0.15) is 24.5 Å². The summed E-state index contributed by atoms with van der Waals surface area (Å²) in [5.74, 6) is 1.29. The Balaban J connectivity index is 1.62. The molecule has 1 fully saturated rings. The van der Waals surface area contributed by atoms with Gasteiger partial charge in [-0.1, -0.05) is 19.8 Å². The van der Waals surface area contributed by atoms with Gasteiger partial charge in [-0.05, 0) is 78.5 Å². The Labute approximate surface area is 169 Å². The fourth-order valence-electron chi connectivity index (χ4n) is 3.93. The summed E-state index contributed by atoms with van der Waals surface area (Å²) < 4.78 is 44.1. The van der Waals surface area contributed by atoms with E-state index in [1.165, 1.54) is 37.0 Å². The molecule has 0 bridgehead atoms. The summed E-state index contributed by atoms with van der Waals surface area (Å²) in [4.78, 5) is 2.51. The first kappa shape index (κ1) is 21.2. The van der Waals surface area contributed by atoms with E-state index in [4.69, 9.17) is 4.74 Å². The normalized spacial score (nSPS) is 21.0. The number of halogens is 3. The third kappa shape index (κ3) is 5.74. The summed E-state index contributed by atoms with van der Waals surface area (Å²) in [7, 11) is 0. The van der Waals surface area contributed by atoms with E-state index < -0.39 is 11.7 Å². The lowest BCUT2D eigenvalue weighted by Crippen LogP contribution is -2.42. The number of rotatable bonds is 8. The minimum atomic E-state index is -4.31. The van der Waals surface area contributed by atoms with Gasteiger partial charge in [0.25, 0.3) is 0 Å². The van der Waals surface area contributed by atoms with Gasteiger partial charge in [0.2, 0.25) is 0 Å². The first-order chi connectivity index (χ1) is 13.5. The van der Waals surface area contributed by atoms with Crippen LogP contribution in [0.25, 0.3) is 0 Å². The highest BCUT2D eigenvalue weighted by molar-refractivity contribution is 7.07. The van der Waals surface area contributed by atoms with Crippen molar-refractivity contribution >= 4 is 11.3 Å². The third-order valence-corrected chi connectivity index (χ3v) is 6.21. The molecule has 1 aromatic carbocycles. The zero-order valence-corrected chi connectivity index (χ0v) is 17.1. The molecule has 2 nitrogen and oxygen atoms in total. The van der Waals surface area contributed by atoms with Crippen molar-refractivity contribution in [1.82, 2.24) is 4.90 Å². The number of likely N-dealkylation sites (tertiary alicyclic amines) is 1. The van der Waals surface area contributed by atoms with Crippen molar-refractivity contribution in [2.45, 2.75) is 44.7 Å². The van der Waals surface area contributed by atoms with Crippen molar-refractivity contribution in [3.8, 4) is 5.75 Å². The lowest BCUT2D eigenvalue weighted by molar-refractivity contribution is -0.137. The molecule has 0 saturated carbocycles. The molecule has 1 saturated heterocycles. The molecule has 2 heterocycles. The molecule has 6 heteroatoms. The molecule has 3 rings (SSSR count). The van der Waals surface area contributed by atoms with Gasteiger partial charge in [-0.3, -0.25) is 0 Å². The molecule has 2 aromatic rings. The molecule has 0 N–H and O–H groups in total. The molecule has 0 spiro atoms. The van der Waals surface area contributed by atoms with Crippen LogP contribution in [0.15, 0.2) is 41.1 Å². The zero-order valence-electron chi connectivity index (χ0n) is 16.3. The first-order valence-corrected chi connectivity index (χ1v) is 11.0. The van der Waals surface area contributed by atoms with Gasteiger partial charge in [0.05, 0.1) is 12.2 Å². The van der Waals surface area contributed by atoms with Crippen LogP contribution in [0.3, 0.4) is 0 Å². The lowest BCUT2D eigenvalue weighted by Gasteiger charge is -2.38. The zero-order chi connectivity index (χ0) is 20.0. The Morgan fingerprint density at radius 3 is 2.57 bits per heavy atom. The molecule has 1 aromatic heterocycles. The van der Waals surface area contributed by atoms with Crippen LogP contribution in [-0.4, -0.2) is 31.1 Å². The predicted molar refractivity (Wildman–Crippen MR) is 108 cm³/mol. The molecule has 1 aliphatic heterocycles. The summed E-state index contributed by atoms with van der Waals surface area (Å²) in [6, 6.07) is 7.20.